The lowest BCUT2D eigenvalue weighted by Crippen LogP contribution is -2.52. The number of piperidine rings is 2. The SMILES string of the molecule is Cl.O=C(N[C@H](Cc1ccc2ccccc2c1)C(=O)N1CCC(n2c(C3CC3)nc3ccccc32)CC1)OC1CCNCC1. The van der Waals surface area contributed by atoms with Crippen LogP contribution in [0.2, 0.25) is 0 Å². The molecule has 7 rings (SSSR count). The summed E-state index contributed by atoms with van der Waals surface area (Å²) in [5.74, 6) is 1.72. The first-order chi connectivity index (χ1) is 20.6. The molecule has 0 unspecified atom stereocenters. The molecule has 3 aliphatic rings. The van der Waals surface area contributed by atoms with Crippen LogP contribution in [-0.4, -0.2) is 64.8 Å². The lowest BCUT2D eigenvalue weighted by Gasteiger charge is -2.36. The maximum Gasteiger partial charge on any atom is 0.408 e. The van der Waals surface area contributed by atoms with Gasteiger partial charge in [0.2, 0.25) is 5.91 Å². The number of rotatable bonds is 7. The third-order valence-corrected chi connectivity index (χ3v) is 9.11. The van der Waals surface area contributed by atoms with Gasteiger partial charge in [0.15, 0.2) is 0 Å². The van der Waals surface area contributed by atoms with Crippen molar-refractivity contribution in [2.45, 2.75) is 69.1 Å². The summed E-state index contributed by atoms with van der Waals surface area (Å²) in [5, 5.41) is 8.54. The van der Waals surface area contributed by atoms with Crippen molar-refractivity contribution < 1.29 is 14.3 Å². The van der Waals surface area contributed by atoms with Gasteiger partial charge in [0.05, 0.1) is 11.0 Å². The molecule has 1 saturated carbocycles. The summed E-state index contributed by atoms with van der Waals surface area (Å²) in [4.78, 5) is 34.0. The number of aromatic nitrogens is 2. The second kappa shape index (κ2) is 12.9. The van der Waals surface area contributed by atoms with Gasteiger partial charge in [-0.1, -0.05) is 54.6 Å². The van der Waals surface area contributed by atoms with Crippen LogP contribution in [0.5, 0.6) is 0 Å². The third-order valence-electron chi connectivity index (χ3n) is 9.11. The fraction of sp³-hybridized carbons (Fsp3) is 0.441. The maximum atomic E-state index is 14.0. The summed E-state index contributed by atoms with van der Waals surface area (Å²) in [6.07, 6.45) is 5.52. The molecule has 0 spiro atoms. The van der Waals surface area contributed by atoms with Crippen molar-refractivity contribution in [3.8, 4) is 0 Å². The molecular weight excluding hydrogens is 562 g/mol. The smallest absolute Gasteiger partial charge is 0.408 e. The number of imidazole rings is 1. The Morgan fingerprint density at radius 3 is 2.40 bits per heavy atom. The van der Waals surface area contributed by atoms with Crippen LogP contribution in [-0.2, 0) is 16.0 Å². The number of benzene rings is 3. The summed E-state index contributed by atoms with van der Waals surface area (Å²) in [6, 6.07) is 22.5. The molecule has 4 aromatic rings. The van der Waals surface area contributed by atoms with Gasteiger partial charge in [-0.05, 0) is 80.1 Å². The number of hydrogen-bond donors (Lipinski definition) is 2. The zero-order valence-corrected chi connectivity index (χ0v) is 25.2. The van der Waals surface area contributed by atoms with E-state index in [4.69, 9.17) is 9.72 Å². The summed E-state index contributed by atoms with van der Waals surface area (Å²) in [7, 11) is 0. The number of ether oxygens (including phenoxy) is 1. The van der Waals surface area contributed by atoms with Crippen molar-refractivity contribution in [1.29, 1.82) is 0 Å². The number of para-hydroxylation sites is 2. The number of likely N-dealkylation sites (tertiary alicyclic amines) is 1. The molecule has 2 amide bonds. The summed E-state index contributed by atoms with van der Waals surface area (Å²) in [5.41, 5.74) is 3.27. The molecule has 1 aliphatic carbocycles. The highest BCUT2D eigenvalue weighted by atomic mass is 35.5. The quantitative estimate of drug-likeness (QED) is 0.282. The number of nitrogens with zero attached hydrogens (tertiary/aromatic N) is 3. The number of carbonyl (C=O) groups excluding carboxylic acids is 2. The largest absolute Gasteiger partial charge is 0.446 e. The lowest BCUT2D eigenvalue weighted by molar-refractivity contribution is -0.134. The van der Waals surface area contributed by atoms with E-state index in [0.29, 0.717) is 31.5 Å². The van der Waals surface area contributed by atoms with Gasteiger partial charge in [-0.3, -0.25) is 4.79 Å². The minimum absolute atomic E-state index is 0. The van der Waals surface area contributed by atoms with E-state index in [1.807, 2.05) is 17.0 Å². The van der Waals surface area contributed by atoms with Crippen molar-refractivity contribution in [2.24, 2.45) is 0 Å². The van der Waals surface area contributed by atoms with Crippen molar-refractivity contribution in [2.75, 3.05) is 26.2 Å². The van der Waals surface area contributed by atoms with E-state index < -0.39 is 12.1 Å². The van der Waals surface area contributed by atoms with E-state index in [1.54, 1.807) is 0 Å². The molecule has 43 heavy (non-hydrogen) atoms. The third kappa shape index (κ3) is 6.50. The Morgan fingerprint density at radius 1 is 0.907 bits per heavy atom. The van der Waals surface area contributed by atoms with Crippen molar-refractivity contribution >= 4 is 46.2 Å². The van der Waals surface area contributed by atoms with Gasteiger partial charge < -0.3 is 24.8 Å². The van der Waals surface area contributed by atoms with Crippen LogP contribution in [0.1, 0.15) is 61.9 Å². The van der Waals surface area contributed by atoms with E-state index in [0.717, 1.165) is 60.6 Å². The first-order valence-corrected chi connectivity index (χ1v) is 15.5. The van der Waals surface area contributed by atoms with Crippen molar-refractivity contribution in [3.63, 3.8) is 0 Å². The number of amides is 2. The lowest BCUT2D eigenvalue weighted by atomic mass is 9.99. The molecule has 0 radical (unpaired) electrons. The molecule has 8 nitrogen and oxygen atoms in total. The van der Waals surface area contributed by atoms with Crippen LogP contribution in [0.15, 0.2) is 66.7 Å². The normalized spacial score (nSPS) is 18.7. The molecule has 2 saturated heterocycles. The molecule has 1 aromatic heterocycles. The summed E-state index contributed by atoms with van der Waals surface area (Å²) < 4.78 is 8.20. The second-order valence-corrected chi connectivity index (χ2v) is 12.1. The minimum Gasteiger partial charge on any atom is -0.446 e. The zero-order chi connectivity index (χ0) is 28.5. The highest BCUT2D eigenvalue weighted by Gasteiger charge is 2.35. The molecule has 2 N–H and O–H groups in total. The fourth-order valence-electron chi connectivity index (χ4n) is 6.68. The average Bonchev–Trinajstić information content (AvgIpc) is 3.80. The van der Waals surface area contributed by atoms with E-state index in [-0.39, 0.29) is 24.4 Å². The summed E-state index contributed by atoms with van der Waals surface area (Å²) in [6.45, 7) is 2.97. The van der Waals surface area contributed by atoms with Crippen LogP contribution in [0, 0.1) is 0 Å². The Bertz CT molecular complexity index is 1590. The topological polar surface area (TPSA) is 88.5 Å². The van der Waals surface area contributed by atoms with Crippen LogP contribution in [0.25, 0.3) is 21.8 Å². The van der Waals surface area contributed by atoms with Crippen LogP contribution < -0.4 is 10.6 Å². The summed E-state index contributed by atoms with van der Waals surface area (Å²) >= 11 is 0. The van der Waals surface area contributed by atoms with Gasteiger partial charge in [-0.25, -0.2) is 9.78 Å². The van der Waals surface area contributed by atoms with Gasteiger partial charge in [-0.15, -0.1) is 12.4 Å². The Hall–Kier alpha value is -3.62. The molecule has 3 aromatic carbocycles. The average molecular weight is 602 g/mol. The Kier molecular flexibility index (Phi) is 8.86. The first kappa shape index (κ1) is 29.5. The van der Waals surface area contributed by atoms with Crippen LogP contribution >= 0.6 is 12.4 Å². The molecule has 3 heterocycles. The molecule has 3 fully saturated rings. The van der Waals surface area contributed by atoms with Crippen molar-refractivity contribution in [1.82, 2.24) is 25.1 Å². The number of fused-ring (bicyclic) bond motifs is 2. The number of carbonyl (C=O) groups is 2. The molecule has 1 atom stereocenters. The molecule has 9 heteroatoms. The van der Waals surface area contributed by atoms with Gasteiger partial charge in [0, 0.05) is 31.5 Å². The highest BCUT2D eigenvalue weighted by Crippen LogP contribution is 2.43. The standard InChI is InChI=1S/C34H39N5O3.ClH/c40-33(38-19-15-27(16-20-38)39-31-8-4-3-7-29(31)36-32(39)25-11-12-25)30(37-34(41)42-28-13-17-35-18-14-28)22-23-9-10-24-5-1-2-6-26(24)21-23;/h1-10,21,25,27-28,30,35H,11-20,22H2,(H,37,41);1H/t30-;/m1./s1. The zero-order valence-electron chi connectivity index (χ0n) is 24.4. The first-order valence-electron chi connectivity index (χ1n) is 15.5. The number of alkyl carbamates (subject to hydrolysis) is 1. The Morgan fingerprint density at radius 2 is 1.63 bits per heavy atom. The number of hydrogen-bond acceptors (Lipinski definition) is 5. The number of halogens is 1. The van der Waals surface area contributed by atoms with Gasteiger partial charge in [0.1, 0.15) is 18.0 Å². The molecule has 0 bridgehead atoms. The molecular formula is C34H40ClN5O3. The van der Waals surface area contributed by atoms with E-state index in [1.165, 1.54) is 24.2 Å². The second-order valence-electron chi connectivity index (χ2n) is 12.1. The Balaban J connectivity index is 0.00000329. The van der Waals surface area contributed by atoms with E-state index >= 15 is 0 Å². The maximum absolute atomic E-state index is 14.0. The van der Waals surface area contributed by atoms with Gasteiger partial charge >= 0.3 is 6.09 Å². The van der Waals surface area contributed by atoms with Crippen LogP contribution in [0.4, 0.5) is 4.79 Å². The molecule has 2 aliphatic heterocycles. The van der Waals surface area contributed by atoms with Crippen molar-refractivity contribution in [3.05, 3.63) is 78.1 Å². The predicted molar refractivity (Wildman–Crippen MR) is 171 cm³/mol. The highest BCUT2D eigenvalue weighted by molar-refractivity contribution is 5.87. The minimum atomic E-state index is -0.687. The van der Waals surface area contributed by atoms with E-state index in [9.17, 15) is 9.59 Å². The van der Waals surface area contributed by atoms with Gasteiger partial charge in [0.25, 0.3) is 0 Å². The van der Waals surface area contributed by atoms with Crippen LogP contribution in [0.3, 0.4) is 0 Å². The molecule has 226 valence electrons. The monoisotopic (exact) mass is 601 g/mol. The van der Waals surface area contributed by atoms with Gasteiger partial charge in [-0.2, -0.15) is 0 Å². The predicted octanol–water partition coefficient (Wildman–Crippen LogP) is 5.74. The van der Waals surface area contributed by atoms with E-state index in [2.05, 4.69) is 69.8 Å². The fourth-order valence-corrected chi connectivity index (χ4v) is 6.68. The number of nitrogens with one attached hydrogen (secondary N) is 2. The Labute approximate surface area is 258 Å².